The van der Waals surface area contributed by atoms with Crippen LogP contribution in [-0.2, 0) is 13.5 Å². The third kappa shape index (κ3) is 1.96. The van der Waals surface area contributed by atoms with E-state index in [4.69, 9.17) is 20.4 Å². The Morgan fingerprint density at radius 3 is 2.90 bits per heavy atom. The molecule has 20 heavy (non-hydrogen) atoms. The molecule has 0 amide bonds. The van der Waals surface area contributed by atoms with Gasteiger partial charge in [-0.15, -0.1) is 11.6 Å². The first-order valence-electron chi connectivity index (χ1n) is 6.41. The summed E-state index contributed by atoms with van der Waals surface area (Å²) in [7, 11) is 1.68. The molecule has 2 aromatic heterocycles. The number of benzene rings is 1. The van der Waals surface area contributed by atoms with Gasteiger partial charge in [0.25, 0.3) is 0 Å². The molecular formula is C15H14ClNO3. The highest BCUT2D eigenvalue weighted by molar-refractivity contribution is 6.22. The lowest BCUT2D eigenvalue weighted by molar-refractivity contribution is 0.511. The standard InChI is InChI=1S/C15H14ClNO3/c1-3-12-10(6-7-19-12)14(16)9-4-5-11-13(8-9)20-15(18)17(11)2/h4-8,14H,3H2,1-2H3. The van der Waals surface area contributed by atoms with Crippen LogP contribution in [0.1, 0.15) is 29.2 Å². The van der Waals surface area contributed by atoms with Gasteiger partial charge in [-0.05, 0) is 23.8 Å². The SMILES string of the molecule is CCc1occc1C(Cl)c1ccc2c(c1)oc(=O)n2C. The van der Waals surface area contributed by atoms with Crippen LogP contribution in [0.4, 0.5) is 0 Å². The second-order valence-corrected chi connectivity index (χ2v) is 5.11. The summed E-state index contributed by atoms with van der Waals surface area (Å²) in [5.41, 5.74) is 3.13. The Morgan fingerprint density at radius 1 is 1.35 bits per heavy atom. The van der Waals surface area contributed by atoms with Crippen LogP contribution in [0.5, 0.6) is 0 Å². The van der Waals surface area contributed by atoms with Gasteiger partial charge in [-0.25, -0.2) is 4.79 Å². The van der Waals surface area contributed by atoms with E-state index in [0.29, 0.717) is 5.58 Å². The highest BCUT2D eigenvalue weighted by atomic mass is 35.5. The van der Waals surface area contributed by atoms with Crippen molar-refractivity contribution in [1.82, 2.24) is 4.57 Å². The molecule has 0 saturated heterocycles. The van der Waals surface area contributed by atoms with Gasteiger partial charge in [-0.1, -0.05) is 13.0 Å². The first kappa shape index (κ1) is 13.1. The quantitative estimate of drug-likeness (QED) is 0.693. The average molecular weight is 292 g/mol. The maximum atomic E-state index is 11.5. The minimum absolute atomic E-state index is 0.321. The summed E-state index contributed by atoms with van der Waals surface area (Å²) in [5.74, 6) is 0.500. The molecule has 0 saturated carbocycles. The van der Waals surface area contributed by atoms with E-state index in [9.17, 15) is 4.79 Å². The highest BCUT2D eigenvalue weighted by Crippen LogP contribution is 2.33. The number of nitrogens with zero attached hydrogens (tertiary/aromatic N) is 1. The van der Waals surface area contributed by atoms with E-state index >= 15 is 0 Å². The normalized spacial score (nSPS) is 12.9. The molecule has 0 aliphatic heterocycles. The summed E-state index contributed by atoms with van der Waals surface area (Å²) in [6.45, 7) is 2.02. The lowest BCUT2D eigenvalue weighted by Gasteiger charge is -2.09. The number of furan rings is 1. The Labute approximate surface area is 120 Å². The van der Waals surface area contributed by atoms with Crippen LogP contribution >= 0.6 is 11.6 Å². The van der Waals surface area contributed by atoms with Crippen LogP contribution in [-0.4, -0.2) is 4.57 Å². The van der Waals surface area contributed by atoms with Gasteiger partial charge in [0.2, 0.25) is 0 Å². The molecule has 1 atom stereocenters. The van der Waals surface area contributed by atoms with Crippen LogP contribution in [0, 0.1) is 0 Å². The summed E-state index contributed by atoms with van der Waals surface area (Å²) in [4.78, 5) is 11.5. The summed E-state index contributed by atoms with van der Waals surface area (Å²) < 4.78 is 12.1. The van der Waals surface area contributed by atoms with Crippen LogP contribution in [0.3, 0.4) is 0 Å². The molecule has 0 fully saturated rings. The Balaban J connectivity index is 2.08. The van der Waals surface area contributed by atoms with E-state index in [0.717, 1.165) is 28.8 Å². The molecule has 0 aliphatic rings. The summed E-state index contributed by atoms with van der Waals surface area (Å²) in [5, 5.41) is -0.321. The van der Waals surface area contributed by atoms with E-state index < -0.39 is 0 Å². The molecule has 1 unspecified atom stereocenters. The van der Waals surface area contributed by atoms with Crippen molar-refractivity contribution in [3.05, 3.63) is 58.0 Å². The average Bonchev–Trinajstić information content (AvgIpc) is 3.03. The van der Waals surface area contributed by atoms with Crippen molar-refractivity contribution in [3.63, 3.8) is 0 Å². The second-order valence-electron chi connectivity index (χ2n) is 4.67. The number of oxazole rings is 1. The van der Waals surface area contributed by atoms with Gasteiger partial charge in [0.05, 0.1) is 17.2 Å². The Hall–Kier alpha value is -1.94. The molecule has 3 aromatic rings. The first-order chi connectivity index (χ1) is 9.61. The van der Waals surface area contributed by atoms with Crippen LogP contribution in [0.25, 0.3) is 11.1 Å². The highest BCUT2D eigenvalue weighted by Gasteiger charge is 2.18. The van der Waals surface area contributed by atoms with E-state index in [1.54, 1.807) is 19.4 Å². The number of hydrogen-bond donors (Lipinski definition) is 0. The van der Waals surface area contributed by atoms with Gasteiger partial charge in [-0.3, -0.25) is 4.57 Å². The van der Waals surface area contributed by atoms with Gasteiger partial charge in [0, 0.05) is 19.0 Å². The lowest BCUT2D eigenvalue weighted by atomic mass is 10.0. The Bertz CT molecular complexity index is 812. The third-order valence-corrected chi connectivity index (χ3v) is 3.97. The van der Waals surface area contributed by atoms with Crippen molar-refractivity contribution in [1.29, 1.82) is 0 Å². The fourth-order valence-electron chi connectivity index (χ4n) is 2.35. The van der Waals surface area contributed by atoms with E-state index in [1.165, 1.54) is 4.57 Å². The van der Waals surface area contributed by atoms with Crippen LogP contribution < -0.4 is 5.76 Å². The largest absolute Gasteiger partial charge is 0.469 e. The predicted molar refractivity (Wildman–Crippen MR) is 77.2 cm³/mol. The number of aromatic nitrogens is 1. The van der Waals surface area contributed by atoms with Crippen molar-refractivity contribution in [3.8, 4) is 0 Å². The maximum Gasteiger partial charge on any atom is 0.419 e. The second kappa shape index (κ2) is 4.87. The maximum absolute atomic E-state index is 11.5. The van der Waals surface area contributed by atoms with Crippen molar-refractivity contribution in [2.75, 3.05) is 0 Å². The third-order valence-electron chi connectivity index (χ3n) is 3.48. The molecule has 4 nitrogen and oxygen atoms in total. The number of hydrogen-bond acceptors (Lipinski definition) is 3. The van der Waals surface area contributed by atoms with Crippen molar-refractivity contribution in [2.45, 2.75) is 18.7 Å². The molecule has 0 bridgehead atoms. The molecule has 0 N–H and O–H groups in total. The minimum Gasteiger partial charge on any atom is -0.469 e. The molecule has 1 aromatic carbocycles. The van der Waals surface area contributed by atoms with Crippen molar-refractivity contribution in [2.24, 2.45) is 7.05 Å². The lowest BCUT2D eigenvalue weighted by Crippen LogP contribution is -2.08. The van der Waals surface area contributed by atoms with Gasteiger partial charge >= 0.3 is 5.76 Å². The molecule has 0 radical (unpaired) electrons. The predicted octanol–water partition coefficient (Wildman–Crippen LogP) is 3.62. The summed E-state index contributed by atoms with van der Waals surface area (Å²) >= 11 is 6.52. The number of fused-ring (bicyclic) bond motifs is 1. The topological polar surface area (TPSA) is 48.3 Å². The molecule has 104 valence electrons. The van der Waals surface area contributed by atoms with Crippen LogP contribution in [0.15, 0.2) is 44.2 Å². The molecule has 5 heteroatoms. The number of halogens is 1. The van der Waals surface area contributed by atoms with Gasteiger partial charge in [0.15, 0.2) is 5.58 Å². The molecular weight excluding hydrogens is 278 g/mol. The summed E-state index contributed by atoms with van der Waals surface area (Å²) in [6, 6.07) is 7.43. The Kier molecular flexibility index (Phi) is 3.18. The number of aryl methyl sites for hydroxylation is 2. The molecule has 0 spiro atoms. The van der Waals surface area contributed by atoms with Crippen molar-refractivity contribution < 1.29 is 8.83 Å². The van der Waals surface area contributed by atoms with Gasteiger partial charge in [0.1, 0.15) is 5.76 Å². The zero-order valence-corrected chi connectivity index (χ0v) is 12.0. The van der Waals surface area contributed by atoms with Gasteiger partial charge in [-0.2, -0.15) is 0 Å². The van der Waals surface area contributed by atoms with Crippen molar-refractivity contribution >= 4 is 22.7 Å². The molecule has 2 heterocycles. The minimum atomic E-state index is -0.374. The molecule has 3 rings (SSSR count). The smallest absolute Gasteiger partial charge is 0.419 e. The zero-order valence-electron chi connectivity index (χ0n) is 11.2. The van der Waals surface area contributed by atoms with Crippen LogP contribution in [0.2, 0.25) is 0 Å². The molecule has 0 aliphatic carbocycles. The summed E-state index contributed by atoms with van der Waals surface area (Å²) in [6.07, 6.45) is 2.43. The first-order valence-corrected chi connectivity index (χ1v) is 6.85. The monoisotopic (exact) mass is 291 g/mol. The van der Waals surface area contributed by atoms with E-state index in [1.807, 2.05) is 25.1 Å². The van der Waals surface area contributed by atoms with Gasteiger partial charge < -0.3 is 8.83 Å². The number of rotatable bonds is 3. The zero-order chi connectivity index (χ0) is 14.3. The fraction of sp³-hybridized carbons (Fsp3) is 0.267. The van der Waals surface area contributed by atoms with E-state index in [-0.39, 0.29) is 11.1 Å². The Morgan fingerprint density at radius 2 is 2.15 bits per heavy atom. The number of alkyl halides is 1. The fourth-order valence-corrected chi connectivity index (χ4v) is 2.68. The van der Waals surface area contributed by atoms with E-state index in [2.05, 4.69) is 0 Å².